The molecule has 1 saturated heterocycles. The highest BCUT2D eigenvalue weighted by Gasteiger charge is 2.25. The van der Waals surface area contributed by atoms with Gasteiger partial charge in [-0.25, -0.2) is 9.97 Å². The van der Waals surface area contributed by atoms with Crippen LogP contribution in [0, 0.1) is 12.8 Å². The van der Waals surface area contributed by atoms with Crippen LogP contribution in [-0.4, -0.2) is 34.9 Å². The maximum atomic E-state index is 12.6. The van der Waals surface area contributed by atoms with Crippen LogP contribution in [0.2, 0.25) is 0 Å². The quantitative estimate of drug-likeness (QED) is 0.667. The third-order valence-corrected chi connectivity index (χ3v) is 5.75. The number of amides is 2. The van der Waals surface area contributed by atoms with Crippen LogP contribution in [0.5, 0.6) is 0 Å². The van der Waals surface area contributed by atoms with Crippen LogP contribution < -0.4 is 16.0 Å². The van der Waals surface area contributed by atoms with Crippen molar-refractivity contribution in [2.45, 2.75) is 19.8 Å². The summed E-state index contributed by atoms with van der Waals surface area (Å²) < 4.78 is 5.62. The maximum Gasteiger partial charge on any atom is 0.277 e. The monoisotopic (exact) mass is 411 g/mol. The topological polar surface area (TPSA) is 114 Å². The van der Waals surface area contributed by atoms with Gasteiger partial charge >= 0.3 is 0 Å². The molecular formula is C20H21N5O3S. The van der Waals surface area contributed by atoms with E-state index >= 15 is 0 Å². The molecule has 1 atom stereocenters. The van der Waals surface area contributed by atoms with Crippen molar-refractivity contribution in [1.29, 1.82) is 0 Å². The van der Waals surface area contributed by atoms with Gasteiger partial charge in [0.15, 0.2) is 5.69 Å². The van der Waals surface area contributed by atoms with E-state index in [1.54, 1.807) is 19.2 Å². The van der Waals surface area contributed by atoms with Crippen LogP contribution in [0.25, 0.3) is 10.8 Å². The van der Waals surface area contributed by atoms with Gasteiger partial charge < -0.3 is 20.4 Å². The van der Waals surface area contributed by atoms with E-state index in [0.717, 1.165) is 30.1 Å². The summed E-state index contributed by atoms with van der Waals surface area (Å²) in [6.07, 6.45) is 3.30. The Labute approximate surface area is 171 Å². The number of nitrogens with zero attached hydrogens (tertiary/aromatic N) is 3. The average Bonchev–Trinajstić information content (AvgIpc) is 3.38. The molecule has 0 radical (unpaired) electrons. The first-order chi connectivity index (χ1) is 14.0. The Bertz CT molecular complexity index is 1010. The molecule has 3 aromatic rings. The molecule has 4 heterocycles. The number of nitrogens with one attached hydrogen (secondary N) is 1. The number of aromatic nitrogens is 2. The highest BCUT2D eigenvalue weighted by molar-refractivity contribution is 7.13. The highest BCUT2D eigenvalue weighted by atomic mass is 32.1. The number of pyridine rings is 1. The van der Waals surface area contributed by atoms with Crippen LogP contribution >= 0.6 is 11.3 Å². The standard InChI is InChI=1S/C20H21N5O3S/c1-12-17(24-20(28-12)15-5-3-9-29-15)19(27)23-14-6-7-16(22-10-14)25-8-2-4-13(11-25)18(21)26/h3,5-7,9-10,13H,2,4,8,11H2,1H3,(H2,21,26)(H,23,27). The summed E-state index contributed by atoms with van der Waals surface area (Å²) in [4.78, 5) is 35.7. The Balaban J connectivity index is 1.44. The SMILES string of the molecule is Cc1oc(-c2cccs2)nc1C(=O)Nc1ccc(N2CCCC(C(N)=O)C2)nc1. The number of primary amides is 1. The van der Waals surface area contributed by atoms with Crippen molar-refractivity contribution < 1.29 is 14.0 Å². The second kappa shape index (κ2) is 8.04. The summed E-state index contributed by atoms with van der Waals surface area (Å²) in [5.41, 5.74) is 6.25. The van der Waals surface area contributed by atoms with Crippen molar-refractivity contribution in [1.82, 2.24) is 9.97 Å². The molecule has 2 amide bonds. The predicted octanol–water partition coefficient (Wildman–Crippen LogP) is 3.06. The molecule has 1 fully saturated rings. The van der Waals surface area contributed by atoms with Crippen LogP contribution in [-0.2, 0) is 4.79 Å². The van der Waals surface area contributed by atoms with Gasteiger partial charge in [0.1, 0.15) is 11.6 Å². The van der Waals surface area contributed by atoms with E-state index in [0.29, 0.717) is 23.9 Å². The van der Waals surface area contributed by atoms with E-state index in [1.807, 2.05) is 28.5 Å². The lowest BCUT2D eigenvalue weighted by molar-refractivity contribution is -0.122. The van der Waals surface area contributed by atoms with E-state index < -0.39 is 0 Å². The van der Waals surface area contributed by atoms with Crippen molar-refractivity contribution in [3.63, 3.8) is 0 Å². The number of nitrogens with two attached hydrogens (primary N) is 1. The minimum absolute atomic E-state index is 0.155. The fraction of sp³-hybridized carbons (Fsp3) is 0.300. The van der Waals surface area contributed by atoms with E-state index in [2.05, 4.69) is 15.3 Å². The summed E-state index contributed by atoms with van der Waals surface area (Å²) in [5.74, 6) is 0.870. The summed E-state index contributed by atoms with van der Waals surface area (Å²) in [7, 11) is 0. The van der Waals surface area contributed by atoms with Crippen molar-refractivity contribution in [2.24, 2.45) is 11.7 Å². The second-order valence-corrected chi connectivity index (χ2v) is 7.90. The third-order valence-electron chi connectivity index (χ3n) is 4.90. The van der Waals surface area contributed by atoms with Gasteiger partial charge in [-0.2, -0.15) is 0 Å². The Kier molecular flexibility index (Phi) is 5.30. The molecule has 0 saturated carbocycles. The second-order valence-electron chi connectivity index (χ2n) is 6.95. The van der Waals surface area contributed by atoms with Crippen LogP contribution in [0.1, 0.15) is 29.1 Å². The maximum absolute atomic E-state index is 12.6. The lowest BCUT2D eigenvalue weighted by atomic mass is 9.97. The molecule has 3 N–H and O–H groups in total. The number of piperidine rings is 1. The van der Waals surface area contributed by atoms with Gasteiger partial charge in [-0.15, -0.1) is 11.3 Å². The van der Waals surface area contributed by atoms with Gasteiger partial charge in [-0.1, -0.05) is 6.07 Å². The van der Waals surface area contributed by atoms with Crippen LogP contribution in [0.15, 0.2) is 40.3 Å². The van der Waals surface area contributed by atoms with Crippen molar-refractivity contribution in [2.75, 3.05) is 23.3 Å². The number of oxazole rings is 1. The number of hydrogen-bond donors (Lipinski definition) is 2. The number of anilines is 2. The van der Waals surface area contributed by atoms with Gasteiger partial charge in [0.25, 0.3) is 5.91 Å². The molecule has 8 nitrogen and oxygen atoms in total. The Morgan fingerprint density at radius 2 is 2.21 bits per heavy atom. The molecule has 9 heteroatoms. The minimum atomic E-state index is -0.352. The third kappa shape index (κ3) is 4.14. The highest BCUT2D eigenvalue weighted by Crippen LogP contribution is 2.27. The first kappa shape index (κ1) is 19.1. The van der Waals surface area contributed by atoms with Gasteiger partial charge in [0.05, 0.1) is 22.7 Å². The Morgan fingerprint density at radius 3 is 2.90 bits per heavy atom. The molecule has 150 valence electrons. The molecule has 3 aromatic heterocycles. The zero-order valence-corrected chi connectivity index (χ0v) is 16.7. The Morgan fingerprint density at radius 1 is 1.34 bits per heavy atom. The van der Waals surface area contributed by atoms with E-state index in [-0.39, 0.29) is 23.4 Å². The van der Waals surface area contributed by atoms with E-state index in [1.165, 1.54) is 11.3 Å². The lowest BCUT2D eigenvalue weighted by Crippen LogP contribution is -2.41. The van der Waals surface area contributed by atoms with E-state index in [9.17, 15) is 9.59 Å². The zero-order valence-electron chi connectivity index (χ0n) is 15.9. The molecule has 0 bridgehead atoms. The summed E-state index contributed by atoms with van der Waals surface area (Å²) >= 11 is 1.50. The molecule has 29 heavy (non-hydrogen) atoms. The lowest BCUT2D eigenvalue weighted by Gasteiger charge is -2.32. The fourth-order valence-corrected chi connectivity index (χ4v) is 4.02. The number of aryl methyl sites for hydroxylation is 1. The Hall–Kier alpha value is -3.20. The molecule has 1 aliphatic heterocycles. The molecular weight excluding hydrogens is 390 g/mol. The molecule has 0 aliphatic carbocycles. The van der Waals surface area contributed by atoms with Gasteiger partial charge in [-0.3, -0.25) is 9.59 Å². The predicted molar refractivity (Wildman–Crippen MR) is 111 cm³/mol. The zero-order chi connectivity index (χ0) is 20.4. The minimum Gasteiger partial charge on any atom is -0.440 e. The smallest absolute Gasteiger partial charge is 0.277 e. The average molecular weight is 411 g/mol. The van der Waals surface area contributed by atoms with E-state index in [4.69, 9.17) is 10.2 Å². The number of thiophene rings is 1. The normalized spacial score (nSPS) is 16.6. The summed E-state index contributed by atoms with van der Waals surface area (Å²) in [6.45, 7) is 3.11. The first-order valence-corrected chi connectivity index (χ1v) is 10.2. The van der Waals surface area contributed by atoms with Gasteiger partial charge in [-0.05, 0) is 43.3 Å². The van der Waals surface area contributed by atoms with Gasteiger partial charge in [0.2, 0.25) is 11.8 Å². The van der Waals surface area contributed by atoms with Crippen molar-refractivity contribution >= 4 is 34.7 Å². The number of rotatable bonds is 5. The van der Waals surface area contributed by atoms with Gasteiger partial charge in [0, 0.05) is 13.1 Å². The van der Waals surface area contributed by atoms with Crippen molar-refractivity contribution in [3.05, 3.63) is 47.3 Å². The van der Waals surface area contributed by atoms with Crippen LogP contribution in [0.4, 0.5) is 11.5 Å². The fourth-order valence-electron chi connectivity index (χ4n) is 3.37. The molecule has 1 aliphatic rings. The van der Waals surface area contributed by atoms with Crippen molar-refractivity contribution in [3.8, 4) is 10.8 Å². The summed E-state index contributed by atoms with van der Waals surface area (Å²) in [6, 6.07) is 7.40. The molecule has 0 spiro atoms. The summed E-state index contributed by atoms with van der Waals surface area (Å²) in [5, 5.41) is 4.73. The number of carbonyl (C=O) groups is 2. The molecule has 0 aromatic carbocycles. The van der Waals surface area contributed by atoms with Crippen LogP contribution in [0.3, 0.4) is 0 Å². The number of carbonyl (C=O) groups excluding carboxylic acids is 2. The number of hydrogen-bond acceptors (Lipinski definition) is 7. The molecule has 1 unspecified atom stereocenters. The first-order valence-electron chi connectivity index (χ1n) is 9.34. The molecule has 4 rings (SSSR count). The largest absolute Gasteiger partial charge is 0.440 e.